The van der Waals surface area contributed by atoms with Crippen LogP contribution in [-0.2, 0) is 14.8 Å². The first-order valence-electron chi connectivity index (χ1n) is 5.65. The SMILES string of the molecule is CC(C)(CC(=O)O)N=C1NS(=O)(=O)c2ccccc21. The monoisotopic (exact) mass is 282 g/mol. The van der Waals surface area contributed by atoms with Crippen molar-refractivity contribution in [2.75, 3.05) is 0 Å². The van der Waals surface area contributed by atoms with Crippen LogP contribution in [0, 0.1) is 0 Å². The Morgan fingerprint density at radius 2 is 2.00 bits per heavy atom. The second-order valence-electron chi connectivity index (χ2n) is 4.95. The zero-order valence-electron chi connectivity index (χ0n) is 10.5. The summed E-state index contributed by atoms with van der Waals surface area (Å²) in [5.41, 5.74) is -0.415. The molecule has 0 atom stereocenters. The van der Waals surface area contributed by atoms with Crippen molar-refractivity contribution in [3.63, 3.8) is 0 Å². The molecule has 0 amide bonds. The van der Waals surface area contributed by atoms with Crippen molar-refractivity contribution in [1.29, 1.82) is 0 Å². The van der Waals surface area contributed by atoms with Crippen molar-refractivity contribution in [1.82, 2.24) is 4.72 Å². The molecule has 1 aliphatic heterocycles. The van der Waals surface area contributed by atoms with E-state index in [4.69, 9.17) is 5.11 Å². The normalized spacial score (nSPS) is 18.9. The molecule has 0 saturated heterocycles. The number of carbonyl (C=O) groups is 1. The first-order valence-corrected chi connectivity index (χ1v) is 7.13. The zero-order valence-corrected chi connectivity index (χ0v) is 11.4. The van der Waals surface area contributed by atoms with E-state index < -0.39 is 21.5 Å². The van der Waals surface area contributed by atoms with Crippen LogP contribution in [0.4, 0.5) is 0 Å². The van der Waals surface area contributed by atoms with Gasteiger partial charge >= 0.3 is 5.97 Å². The highest BCUT2D eigenvalue weighted by atomic mass is 32.2. The number of sulfonamides is 1. The summed E-state index contributed by atoms with van der Waals surface area (Å²) in [5.74, 6) is -0.787. The molecule has 0 saturated carbocycles. The van der Waals surface area contributed by atoms with Crippen LogP contribution in [0.15, 0.2) is 34.2 Å². The van der Waals surface area contributed by atoms with Gasteiger partial charge in [0.15, 0.2) is 0 Å². The van der Waals surface area contributed by atoms with Gasteiger partial charge in [-0.15, -0.1) is 0 Å². The number of amidine groups is 1. The van der Waals surface area contributed by atoms with E-state index in [0.29, 0.717) is 5.56 Å². The maximum absolute atomic E-state index is 11.9. The van der Waals surface area contributed by atoms with Gasteiger partial charge in [-0.25, -0.2) is 8.42 Å². The Kier molecular flexibility index (Phi) is 3.09. The summed E-state index contributed by atoms with van der Waals surface area (Å²) in [6, 6.07) is 6.47. The summed E-state index contributed by atoms with van der Waals surface area (Å²) in [5, 5.41) is 8.81. The van der Waals surface area contributed by atoms with Crippen molar-refractivity contribution in [2.24, 2.45) is 4.99 Å². The fourth-order valence-corrected chi connectivity index (χ4v) is 3.16. The molecule has 6 nitrogen and oxygen atoms in total. The Hall–Kier alpha value is -1.89. The van der Waals surface area contributed by atoms with Crippen LogP contribution in [0.5, 0.6) is 0 Å². The molecule has 1 aromatic carbocycles. The minimum Gasteiger partial charge on any atom is -0.481 e. The second kappa shape index (κ2) is 4.34. The Morgan fingerprint density at radius 1 is 1.37 bits per heavy atom. The number of hydrogen-bond acceptors (Lipinski definition) is 4. The zero-order chi connectivity index (χ0) is 14.3. The van der Waals surface area contributed by atoms with Gasteiger partial charge in [0.2, 0.25) is 0 Å². The number of nitrogens with one attached hydrogen (secondary N) is 1. The van der Waals surface area contributed by atoms with E-state index in [1.54, 1.807) is 32.0 Å². The lowest BCUT2D eigenvalue weighted by Gasteiger charge is -2.17. The van der Waals surface area contributed by atoms with Crippen molar-refractivity contribution in [3.05, 3.63) is 29.8 Å². The number of nitrogens with zero attached hydrogens (tertiary/aromatic N) is 1. The molecule has 2 N–H and O–H groups in total. The highest BCUT2D eigenvalue weighted by molar-refractivity contribution is 7.90. The minimum atomic E-state index is -3.58. The maximum Gasteiger partial charge on any atom is 0.305 e. The Morgan fingerprint density at radius 3 is 2.63 bits per heavy atom. The van der Waals surface area contributed by atoms with Crippen LogP contribution in [0.1, 0.15) is 25.8 Å². The quantitative estimate of drug-likeness (QED) is 0.863. The molecule has 0 unspecified atom stereocenters. The van der Waals surface area contributed by atoms with E-state index in [0.717, 1.165) is 0 Å². The van der Waals surface area contributed by atoms with Gasteiger partial charge < -0.3 is 5.11 Å². The molecule has 19 heavy (non-hydrogen) atoms. The first kappa shape index (κ1) is 13.5. The number of carboxylic acids is 1. The van der Waals surface area contributed by atoms with Gasteiger partial charge in [-0.3, -0.25) is 14.5 Å². The molecule has 0 fully saturated rings. The molecule has 1 heterocycles. The third kappa shape index (κ3) is 2.76. The van der Waals surface area contributed by atoms with Gasteiger partial charge in [0.25, 0.3) is 10.0 Å². The summed E-state index contributed by atoms with van der Waals surface area (Å²) in [6.07, 6.45) is -0.180. The molecule has 1 aromatic rings. The summed E-state index contributed by atoms with van der Waals surface area (Å²) in [7, 11) is -3.58. The number of benzene rings is 1. The van der Waals surface area contributed by atoms with Crippen molar-refractivity contribution < 1.29 is 18.3 Å². The Labute approximate surface area is 111 Å². The summed E-state index contributed by atoms with van der Waals surface area (Å²) in [4.78, 5) is 15.2. The van der Waals surface area contributed by atoms with Crippen molar-refractivity contribution in [2.45, 2.75) is 30.7 Å². The predicted molar refractivity (Wildman–Crippen MR) is 69.6 cm³/mol. The van der Waals surface area contributed by atoms with Gasteiger partial charge in [0.1, 0.15) is 5.84 Å². The first-order chi connectivity index (χ1) is 8.71. The molecule has 1 aliphatic rings. The molecule has 0 aromatic heterocycles. The molecule has 7 heteroatoms. The van der Waals surface area contributed by atoms with Crippen molar-refractivity contribution in [3.8, 4) is 0 Å². The fourth-order valence-electron chi connectivity index (χ4n) is 1.93. The number of carboxylic acid groups (broad SMARTS) is 1. The fraction of sp³-hybridized carbons (Fsp3) is 0.333. The third-order valence-electron chi connectivity index (χ3n) is 2.66. The lowest BCUT2D eigenvalue weighted by atomic mass is 10.0. The minimum absolute atomic E-state index is 0.167. The Bertz CT molecular complexity index is 662. The van der Waals surface area contributed by atoms with E-state index in [-0.39, 0.29) is 17.2 Å². The van der Waals surface area contributed by atoms with Crippen LogP contribution in [0.25, 0.3) is 0 Å². The standard InChI is InChI=1S/C12H14N2O4S/c1-12(2,7-10(15)16)13-11-8-5-3-4-6-9(8)19(17,18)14-11/h3-6H,7H2,1-2H3,(H,13,14)(H,15,16). The van der Waals surface area contributed by atoms with Gasteiger partial charge in [-0.05, 0) is 26.0 Å². The molecule has 0 aliphatic carbocycles. The molecule has 0 bridgehead atoms. The lowest BCUT2D eigenvalue weighted by molar-refractivity contribution is -0.138. The average molecular weight is 282 g/mol. The topological polar surface area (TPSA) is 95.8 Å². The molecule has 0 spiro atoms. The largest absolute Gasteiger partial charge is 0.481 e. The van der Waals surface area contributed by atoms with Gasteiger partial charge in [-0.2, -0.15) is 0 Å². The molecule has 2 rings (SSSR count). The number of hydrogen-bond donors (Lipinski definition) is 2. The molecular formula is C12H14N2O4S. The second-order valence-corrected chi connectivity index (χ2v) is 6.60. The van der Waals surface area contributed by atoms with E-state index in [9.17, 15) is 13.2 Å². The molecule has 0 radical (unpaired) electrons. The van der Waals surface area contributed by atoms with Gasteiger partial charge in [0.05, 0.1) is 16.9 Å². The smallest absolute Gasteiger partial charge is 0.305 e. The van der Waals surface area contributed by atoms with Gasteiger partial charge in [0, 0.05) is 5.56 Å². The summed E-state index contributed by atoms with van der Waals surface area (Å²) in [6.45, 7) is 3.28. The van der Waals surface area contributed by atoms with Crippen molar-refractivity contribution >= 4 is 21.8 Å². The number of fused-ring (bicyclic) bond motifs is 1. The van der Waals surface area contributed by atoms with E-state index in [2.05, 4.69) is 9.71 Å². The van der Waals surface area contributed by atoms with E-state index in [1.165, 1.54) is 6.07 Å². The third-order valence-corrected chi connectivity index (χ3v) is 4.06. The average Bonchev–Trinajstić information content (AvgIpc) is 2.49. The lowest BCUT2D eigenvalue weighted by Crippen LogP contribution is -2.29. The van der Waals surface area contributed by atoms with E-state index in [1.807, 2.05) is 0 Å². The predicted octanol–water partition coefficient (Wildman–Crippen LogP) is 0.978. The maximum atomic E-state index is 11.9. The molecular weight excluding hydrogens is 268 g/mol. The summed E-state index contributed by atoms with van der Waals surface area (Å²) < 4.78 is 26.1. The van der Waals surface area contributed by atoms with Gasteiger partial charge in [-0.1, -0.05) is 12.1 Å². The highest BCUT2D eigenvalue weighted by Gasteiger charge is 2.32. The van der Waals surface area contributed by atoms with Crippen LogP contribution in [-0.4, -0.2) is 30.9 Å². The number of aliphatic imine (C=N–C) groups is 1. The Balaban J connectivity index is 2.47. The van der Waals surface area contributed by atoms with Crippen LogP contribution in [0.2, 0.25) is 0 Å². The van der Waals surface area contributed by atoms with Crippen LogP contribution >= 0.6 is 0 Å². The summed E-state index contributed by atoms with van der Waals surface area (Å²) >= 11 is 0. The van der Waals surface area contributed by atoms with Crippen LogP contribution < -0.4 is 4.72 Å². The molecule has 102 valence electrons. The number of rotatable bonds is 3. The van der Waals surface area contributed by atoms with Crippen LogP contribution in [0.3, 0.4) is 0 Å². The van der Waals surface area contributed by atoms with E-state index >= 15 is 0 Å². The number of aliphatic carboxylic acids is 1. The highest BCUT2D eigenvalue weighted by Crippen LogP contribution is 2.25.